The van der Waals surface area contributed by atoms with Crippen molar-refractivity contribution < 1.29 is 18.7 Å². The minimum absolute atomic E-state index is 0.00891. The number of rotatable bonds is 4. The fourth-order valence-electron chi connectivity index (χ4n) is 4.23. The SMILES string of the molecule is CC(=O)NCCC1CCOC2(CCN(C(=O)Nc3cccc(F)c3C)CC2)C1. The number of nitrogens with one attached hydrogen (secondary N) is 2. The van der Waals surface area contributed by atoms with Crippen molar-refractivity contribution in [1.29, 1.82) is 0 Å². The molecule has 3 amide bonds. The molecule has 0 aliphatic carbocycles. The smallest absolute Gasteiger partial charge is 0.321 e. The summed E-state index contributed by atoms with van der Waals surface area (Å²) < 4.78 is 19.8. The van der Waals surface area contributed by atoms with Gasteiger partial charge in [0.2, 0.25) is 5.91 Å². The number of likely N-dealkylation sites (tertiary alicyclic amines) is 1. The number of hydrogen-bond donors (Lipinski definition) is 2. The molecule has 1 aromatic rings. The largest absolute Gasteiger partial charge is 0.375 e. The van der Waals surface area contributed by atoms with Crippen LogP contribution in [0.2, 0.25) is 0 Å². The van der Waals surface area contributed by atoms with E-state index in [-0.39, 0.29) is 23.4 Å². The van der Waals surface area contributed by atoms with E-state index in [0.29, 0.717) is 36.8 Å². The Labute approximate surface area is 165 Å². The van der Waals surface area contributed by atoms with Gasteiger partial charge in [-0.2, -0.15) is 0 Å². The van der Waals surface area contributed by atoms with Gasteiger partial charge in [0.25, 0.3) is 0 Å². The predicted molar refractivity (Wildman–Crippen MR) is 106 cm³/mol. The van der Waals surface area contributed by atoms with Crippen molar-refractivity contribution in [3.05, 3.63) is 29.6 Å². The van der Waals surface area contributed by atoms with E-state index < -0.39 is 0 Å². The number of hydrogen-bond acceptors (Lipinski definition) is 3. The van der Waals surface area contributed by atoms with Crippen molar-refractivity contribution in [2.75, 3.05) is 31.6 Å². The van der Waals surface area contributed by atoms with Gasteiger partial charge < -0.3 is 20.3 Å². The van der Waals surface area contributed by atoms with Crippen molar-refractivity contribution in [1.82, 2.24) is 10.2 Å². The van der Waals surface area contributed by atoms with Crippen molar-refractivity contribution in [2.24, 2.45) is 5.92 Å². The van der Waals surface area contributed by atoms with Gasteiger partial charge in [-0.25, -0.2) is 9.18 Å². The lowest BCUT2D eigenvalue weighted by atomic mass is 9.78. The van der Waals surface area contributed by atoms with E-state index in [2.05, 4.69) is 10.6 Å². The van der Waals surface area contributed by atoms with E-state index in [1.54, 1.807) is 24.0 Å². The van der Waals surface area contributed by atoms with Crippen LogP contribution in [-0.4, -0.2) is 48.7 Å². The fraction of sp³-hybridized carbons (Fsp3) is 0.619. The molecular weight excluding hydrogens is 361 g/mol. The first-order valence-electron chi connectivity index (χ1n) is 10.1. The second-order valence-corrected chi connectivity index (χ2v) is 7.99. The van der Waals surface area contributed by atoms with Gasteiger partial charge in [-0.15, -0.1) is 0 Å². The van der Waals surface area contributed by atoms with Gasteiger partial charge in [-0.1, -0.05) is 6.07 Å². The van der Waals surface area contributed by atoms with Crippen LogP contribution in [0.3, 0.4) is 0 Å². The number of piperidine rings is 1. The second-order valence-electron chi connectivity index (χ2n) is 7.99. The van der Waals surface area contributed by atoms with Crippen LogP contribution in [0.4, 0.5) is 14.9 Å². The molecule has 1 aromatic carbocycles. The minimum atomic E-state index is -0.323. The molecule has 1 unspecified atom stereocenters. The summed E-state index contributed by atoms with van der Waals surface area (Å²) in [6, 6.07) is 4.51. The zero-order valence-electron chi connectivity index (χ0n) is 16.7. The third kappa shape index (κ3) is 5.01. The topological polar surface area (TPSA) is 70.7 Å². The van der Waals surface area contributed by atoms with E-state index in [0.717, 1.165) is 38.7 Å². The average Bonchev–Trinajstić information content (AvgIpc) is 2.66. The maximum atomic E-state index is 13.7. The normalized spacial score (nSPS) is 21.4. The Balaban J connectivity index is 1.51. The summed E-state index contributed by atoms with van der Waals surface area (Å²) in [6.45, 7) is 5.89. The summed E-state index contributed by atoms with van der Waals surface area (Å²) in [5, 5.41) is 5.70. The van der Waals surface area contributed by atoms with Gasteiger partial charge in [0.1, 0.15) is 5.82 Å². The maximum absolute atomic E-state index is 13.7. The van der Waals surface area contributed by atoms with Crippen molar-refractivity contribution in [2.45, 2.75) is 51.6 Å². The van der Waals surface area contributed by atoms with Crippen LogP contribution < -0.4 is 10.6 Å². The third-order valence-corrected chi connectivity index (χ3v) is 5.99. The van der Waals surface area contributed by atoms with Gasteiger partial charge in [-0.05, 0) is 57.1 Å². The molecule has 28 heavy (non-hydrogen) atoms. The molecule has 2 saturated heterocycles. The second kappa shape index (κ2) is 8.90. The van der Waals surface area contributed by atoms with Gasteiger partial charge >= 0.3 is 6.03 Å². The molecule has 1 atom stereocenters. The molecule has 2 aliphatic rings. The highest BCUT2D eigenvalue weighted by Gasteiger charge is 2.41. The molecule has 0 radical (unpaired) electrons. The Morgan fingerprint density at radius 1 is 1.32 bits per heavy atom. The molecule has 2 aliphatic heterocycles. The number of urea groups is 1. The molecule has 6 nitrogen and oxygen atoms in total. The summed E-state index contributed by atoms with van der Waals surface area (Å²) in [7, 11) is 0. The first-order chi connectivity index (χ1) is 13.4. The van der Waals surface area contributed by atoms with Gasteiger partial charge in [-0.3, -0.25) is 4.79 Å². The predicted octanol–water partition coefficient (Wildman–Crippen LogP) is 3.45. The van der Waals surface area contributed by atoms with Crippen LogP contribution in [-0.2, 0) is 9.53 Å². The fourth-order valence-corrected chi connectivity index (χ4v) is 4.23. The van der Waals surface area contributed by atoms with E-state index in [1.807, 2.05) is 0 Å². The van der Waals surface area contributed by atoms with Crippen LogP contribution in [0.5, 0.6) is 0 Å². The van der Waals surface area contributed by atoms with Crippen LogP contribution in [0.25, 0.3) is 0 Å². The van der Waals surface area contributed by atoms with E-state index in [4.69, 9.17) is 4.74 Å². The summed E-state index contributed by atoms with van der Waals surface area (Å²) in [4.78, 5) is 25.4. The summed E-state index contributed by atoms with van der Waals surface area (Å²) >= 11 is 0. The molecule has 0 bridgehead atoms. The van der Waals surface area contributed by atoms with Gasteiger partial charge in [0.15, 0.2) is 0 Å². The third-order valence-electron chi connectivity index (χ3n) is 5.99. The molecule has 3 rings (SSSR count). The Morgan fingerprint density at radius 3 is 2.79 bits per heavy atom. The van der Waals surface area contributed by atoms with Crippen LogP contribution in [0.15, 0.2) is 18.2 Å². The molecule has 154 valence electrons. The molecular formula is C21H30FN3O3. The van der Waals surface area contributed by atoms with E-state index in [1.165, 1.54) is 13.0 Å². The number of nitrogens with zero attached hydrogens (tertiary/aromatic N) is 1. The number of carbonyl (C=O) groups excluding carboxylic acids is 2. The molecule has 1 spiro atoms. The lowest BCUT2D eigenvalue weighted by molar-refractivity contribution is -0.124. The molecule has 2 heterocycles. The van der Waals surface area contributed by atoms with Crippen molar-refractivity contribution in [3.8, 4) is 0 Å². The lowest BCUT2D eigenvalue weighted by Crippen LogP contribution is -2.51. The minimum Gasteiger partial charge on any atom is -0.375 e. The number of halogens is 1. The molecule has 2 N–H and O–H groups in total. The Kier molecular flexibility index (Phi) is 6.54. The Bertz CT molecular complexity index is 717. The highest BCUT2D eigenvalue weighted by Crippen LogP contribution is 2.38. The van der Waals surface area contributed by atoms with Crippen molar-refractivity contribution in [3.63, 3.8) is 0 Å². The quantitative estimate of drug-likeness (QED) is 0.826. The highest BCUT2D eigenvalue weighted by atomic mass is 19.1. The number of carbonyl (C=O) groups is 2. The van der Waals surface area contributed by atoms with E-state index in [9.17, 15) is 14.0 Å². The maximum Gasteiger partial charge on any atom is 0.321 e. The van der Waals surface area contributed by atoms with Crippen LogP contribution in [0, 0.1) is 18.7 Å². The zero-order valence-corrected chi connectivity index (χ0v) is 16.7. The summed E-state index contributed by atoms with van der Waals surface area (Å²) in [5.41, 5.74) is 0.796. The zero-order chi connectivity index (χ0) is 20.1. The van der Waals surface area contributed by atoms with E-state index >= 15 is 0 Å². The molecule has 0 saturated carbocycles. The van der Waals surface area contributed by atoms with Gasteiger partial charge in [0, 0.05) is 44.4 Å². The Morgan fingerprint density at radius 2 is 2.07 bits per heavy atom. The molecule has 0 aromatic heterocycles. The molecule has 2 fully saturated rings. The summed E-state index contributed by atoms with van der Waals surface area (Å²) in [6.07, 6.45) is 4.57. The summed E-state index contributed by atoms with van der Waals surface area (Å²) in [5.74, 6) is 0.224. The highest BCUT2D eigenvalue weighted by molar-refractivity contribution is 5.90. The first-order valence-corrected chi connectivity index (χ1v) is 10.1. The van der Waals surface area contributed by atoms with Crippen molar-refractivity contribution >= 4 is 17.6 Å². The standard InChI is InChI=1S/C21H30FN3O3/c1-15-18(22)4-3-5-19(15)24-20(27)25-11-8-21(9-12-25)14-17(7-13-28-21)6-10-23-16(2)26/h3-5,17H,6-14H2,1-2H3,(H,23,26)(H,24,27). The number of benzene rings is 1. The van der Waals surface area contributed by atoms with Gasteiger partial charge in [0.05, 0.1) is 5.60 Å². The lowest BCUT2D eigenvalue weighted by Gasteiger charge is -2.46. The van der Waals surface area contributed by atoms with Crippen LogP contribution >= 0.6 is 0 Å². The number of amides is 3. The average molecular weight is 391 g/mol. The first kappa shape index (κ1) is 20.6. The number of anilines is 1. The number of ether oxygens (including phenoxy) is 1. The molecule has 7 heteroatoms. The van der Waals surface area contributed by atoms with Crippen LogP contribution in [0.1, 0.15) is 44.6 Å². The monoisotopic (exact) mass is 391 g/mol. The Hall–Kier alpha value is -2.15.